The summed E-state index contributed by atoms with van der Waals surface area (Å²) in [4.78, 5) is 17.4. The van der Waals surface area contributed by atoms with Crippen molar-refractivity contribution in [3.63, 3.8) is 0 Å². The van der Waals surface area contributed by atoms with Crippen LogP contribution < -0.4 is 5.32 Å². The van der Waals surface area contributed by atoms with Crippen molar-refractivity contribution in [1.82, 2.24) is 14.9 Å². The third kappa shape index (κ3) is 2.63. The van der Waals surface area contributed by atoms with Gasteiger partial charge in [-0.15, -0.1) is 11.3 Å². The van der Waals surface area contributed by atoms with Crippen LogP contribution in [-0.2, 0) is 19.4 Å². The van der Waals surface area contributed by atoms with Crippen LogP contribution in [0.25, 0.3) is 0 Å². The van der Waals surface area contributed by atoms with Crippen LogP contribution in [0.5, 0.6) is 0 Å². The molecule has 5 heteroatoms. The van der Waals surface area contributed by atoms with Crippen LogP contribution in [0.1, 0.15) is 34.4 Å². The third-order valence-electron chi connectivity index (χ3n) is 3.92. The molecule has 1 atom stereocenters. The standard InChI is InChI=1S/C15H19N3OS/c1-2-12-5-8-20-14(12)15(19)17-9-11-3-4-13-16-6-7-18(13)10-11/h5-8,11H,2-4,9-10H2,1H3,(H,17,19)/t11-/m0/s1. The van der Waals surface area contributed by atoms with Gasteiger partial charge in [0.2, 0.25) is 0 Å². The van der Waals surface area contributed by atoms with Crippen LogP contribution in [0.3, 0.4) is 0 Å². The summed E-state index contributed by atoms with van der Waals surface area (Å²) < 4.78 is 2.20. The van der Waals surface area contributed by atoms with Crippen LogP contribution in [-0.4, -0.2) is 22.0 Å². The van der Waals surface area contributed by atoms with E-state index in [4.69, 9.17) is 0 Å². The highest BCUT2D eigenvalue weighted by atomic mass is 32.1. The number of hydrogen-bond donors (Lipinski definition) is 1. The van der Waals surface area contributed by atoms with Crippen molar-refractivity contribution in [3.8, 4) is 0 Å². The minimum Gasteiger partial charge on any atom is -0.351 e. The molecule has 1 N–H and O–H groups in total. The van der Waals surface area contributed by atoms with E-state index >= 15 is 0 Å². The lowest BCUT2D eigenvalue weighted by atomic mass is 9.99. The maximum atomic E-state index is 12.2. The summed E-state index contributed by atoms with van der Waals surface area (Å²) in [7, 11) is 0. The Hall–Kier alpha value is -1.62. The molecular formula is C15H19N3OS. The van der Waals surface area contributed by atoms with Gasteiger partial charge in [-0.05, 0) is 35.8 Å². The molecule has 1 aliphatic heterocycles. The highest BCUT2D eigenvalue weighted by molar-refractivity contribution is 7.12. The van der Waals surface area contributed by atoms with Gasteiger partial charge >= 0.3 is 0 Å². The fraction of sp³-hybridized carbons (Fsp3) is 0.467. The zero-order chi connectivity index (χ0) is 13.9. The van der Waals surface area contributed by atoms with Crippen LogP contribution in [0.4, 0.5) is 0 Å². The predicted octanol–water partition coefficient (Wildman–Crippen LogP) is 2.50. The summed E-state index contributed by atoms with van der Waals surface area (Å²) in [5.41, 5.74) is 1.15. The first kappa shape index (κ1) is 13.4. The third-order valence-corrected chi connectivity index (χ3v) is 4.87. The number of imidazole rings is 1. The summed E-state index contributed by atoms with van der Waals surface area (Å²) in [5, 5.41) is 5.08. The predicted molar refractivity (Wildman–Crippen MR) is 80.1 cm³/mol. The van der Waals surface area contributed by atoms with Crippen LogP contribution in [0.2, 0.25) is 0 Å². The first-order valence-corrected chi connectivity index (χ1v) is 8.00. The molecule has 1 amide bonds. The molecule has 3 rings (SSSR count). The first-order chi connectivity index (χ1) is 9.78. The number of amides is 1. The molecule has 4 nitrogen and oxygen atoms in total. The van der Waals surface area contributed by atoms with Crippen molar-refractivity contribution in [2.75, 3.05) is 6.54 Å². The molecule has 0 spiro atoms. The van der Waals surface area contributed by atoms with Crippen molar-refractivity contribution in [2.24, 2.45) is 5.92 Å². The Morgan fingerprint density at radius 2 is 2.50 bits per heavy atom. The number of carbonyl (C=O) groups is 1. The van der Waals surface area contributed by atoms with Crippen molar-refractivity contribution >= 4 is 17.2 Å². The van der Waals surface area contributed by atoms with E-state index in [0.29, 0.717) is 5.92 Å². The van der Waals surface area contributed by atoms with Crippen molar-refractivity contribution in [3.05, 3.63) is 40.1 Å². The molecule has 0 bridgehead atoms. The Balaban J connectivity index is 1.57. The van der Waals surface area contributed by atoms with Gasteiger partial charge in [0.05, 0.1) is 4.88 Å². The lowest BCUT2D eigenvalue weighted by Gasteiger charge is -2.23. The number of carbonyl (C=O) groups excluding carboxylic acids is 1. The Bertz CT molecular complexity index is 602. The highest BCUT2D eigenvalue weighted by Crippen LogP contribution is 2.20. The maximum Gasteiger partial charge on any atom is 0.261 e. The number of nitrogens with zero attached hydrogens (tertiary/aromatic N) is 2. The van der Waals surface area contributed by atoms with E-state index in [9.17, 15) is 4.79 Å². The van der Waals surface area contributed by atoms with Gasteiger partial charge in [0.25, 0.3) is 5.91 Å². The second-order valence-corrected chi connectivity index (χ2v) is 6.16. The maximum absolute atomic E-state index is 12.2. The Morgan fingerprint density at radius 3 is 3.35 bits per heavy atom. The second-order valence-electron chi connectivity index (χ2n) is 5.24. The molecule has 0 radical (unpaired) electrons. The smallest absolute Gasteiger partial charge is 0.261 e. The van der Waals surface area contributed by atoms with E-state index in [1.165, 1.54) is 17.2 Å². The molecule has 1 aliphatic rings. The number of aryl methyl sites for hydroxylation is 2. The van der Waals surface area contributed by atoms with Gasteiger partial charge in [0.15, 0.2) is 0 Å². The lowest BCUT2D eigenvalue weighted by Crippen LogP contribution is -2.33. The van der Waals surface area contributed by atoms with E-state index in [1.54, 1.807) is 0 Å². The van der Waals surface area contributed by atoms with E-state index in [0.717, 1.165) is 42.8 Å². The summed E-state index contributed by atoms with van der Waals surface area (Å²) in [6.07, 6.45) is 6.90. The number of aromatic nitrogens is 2. The van der Waals surface area contributed by atoms with Gasteiger partial charge < -0.3 is 9.88 Å². The van der Waals surface area contributed by atoms with Gasteiger partial charge in [-0.3, -0.25) is 4.79 Å². The highest BCUT2D eigenvalue weighted by Gasteiger charge is 2.20. The second kappa shape index (κ2) is 5.79. The van der Waals surface area contributed by atoms with Crippen molar-refractivity contribution in [2.45, 2.75) is 32.7 Å². The normalized spacial score (nSPS) is 17.8. The minimum atomic E-state index is 0.0771. The minimum absolute atomic E-state index is 0.0771. The quantitative estimate of drug-likeness (QED) is 0.940. The van der Waals surface area contributed by atoms with Gasteiger partial charge in [-0.25, -0.2) is 4.98 Å². The Morgan fingerprint density at radius 1 is 1.60 bits per heavy atom. The monoisotopic (exact) mass is 289 g/mol. The van der Waals surface area contributed by atoms with Gasteiger partial charge in [0, 0.05) is 31.9 Å². The number of nitrogens with one attached hydrogen (secondary N) is 1. The summed E-state index contributed by atoms with van der Waals surface area (Å²) in [6.45, 7) is 3.79. The molecule has 0 aliphatic carbocycles. The summed E-state index contributed by atoms with van der Waals surface area (Å²) >= 11 is 1.53. The van der Waals surface area contributed by atoms with E-state index in [1.807, 2.05) is 23.8 Å². The lowest BCUT2D eigenvalue weighted by molar-refractivity contribution is 0.0947. The molecule has 2 aromatic heterocycles. The van der Waals surface area contributed by atoms with Gasteiger partial charge in [-0.1, -0.05) is 6.92 Å². The zero-order valence-corrected chi connectivity index (χ0v) is 12.4. The molecule has 0 saturated heterocycles. The number of thiophene rings is 1. The Labute approximate surface area is 122 Å². The first-order valence-electron chi connectivity index (χ1n) is 7.12. The fourth-order valence-electron chi connectivity index (χ4n) is 2.73. The zero-order valence-electron chi connectivity index (χ0n) is 11.6. The molecule has 0 unspecified atom stereocenters. The van der Waals surface area contributed by atoms with Gasteiger partial charge in [-0.2, -0.15) is 0 Å². The largest absolute Gasteiger partial charge is 0.351 e. The molecular weight excluding hydrogens is 270 g/mol. The fourth-order valence-corrected chi connectivity index (χ4v) is 3.65. The van der Waals surface area contributed by atoms with Crippen molar-refractivity contribution < 1.29 is 4.79 Å². The molecule has 20 heavy (non-hydrogen) atoms. The molecule has 106 valence electrons. The van der Waals surface area contributed by atoms with E-state index in [2.05, 4.69) is 21.8 Å². The van der Waals surface area contributed by atoms with E-state index < -0.39 is 0 Å². The molecule has 0 saturated carbocycles. The molecule has 3 heterocycles. The Kier molecular flexibility index (Phi) is 3.87. The summed E-state index contributed by atoms with van der Waals surface area (Å²) in [5.74, 6) is 1.75. The number of fused-ring (bicyclic) bond motifs is 1. The summed E-state index contributed by atoms with van der Waals surface area (Å²) in [6, 6.07) is 2.04. The van der Waals surface area contributed by atoms with E-state index in [-0.39, 0.29) is 5.91 Å². The van der Waals surface area contributed by atoms with Crippen LogP contribution in [0.15, 0.2) is 23.8 Å². The molecule has 0 fully saturated rings. The average Bonchev–Trinajstić information content (AvgIpc) is 3.12. The van der Waals surface area contributed by atoms with Gasteiger partial charge in [0.1, 0.15) is 5.82 Å². The topological polar surface area (TPSA) is 46.9 Å². The van der Waals surface area contributed by atoms with Crippen LogP contribution >= 0.6 is 11.3 Å². The molecule has 0 aromatic carbocycles. The number of hydrogen-bond acceptors (Lipinski definition) is 3. The SMILES string of the molecule is CCc1ccsc1C(=O)NC[C@@H]1CCc2nccn2C1. The van der Waals surface area contributed by atoms with Crippen molar-refractivity contribution in [1.29, 1.82) is 0 Å². The molecule has 2 aromatic rings. The number of rotatable bonds is 4. The van der Waals surface area contributed by atoms with Crippen LogP contribution in [0, 0.1) is 5.92 Å². The average molecular weight is 289 g/mol.